The molecule has 1 unspecified atom stereocenters. The van der Waals surface area contributed by atoms with Crippen molar-refractivity contribution in [2.45, 2.75) is 12.7 Å². The molecule has 2 N–H and O–H groups in total. The van der Waals surface area contributed by atoms with E-state index < -0.39 is 0 Å². The number of nitrogens with zero attached hydrogens (tertiary/aromatic N) is 3. The van der Waals surface area contributed by atoms with E-state index in [1.807, 2.05) is 59.7 Å². The molecule has 124 valence electrons. The van der Waals surface area contributed by atoms with Crippen LogP contribution in [0.3, 0.4) is 0 Å². The van der Waals surface area contributed by atoms with Gasteiger partial charge in [-0.25, -0.2) is 0 Å². The number of nitrogens with one attached hydrogen (secondary N) is 2. The molecule has 6 nitrogen and oxygen atoms in total. The van der Waals surface area contributed by atoms with E-state index in [1.54, 1.807) is 18.6 Å². The summed E-state index contributed by atoms with van der Waals surface area (Å²) in [4.78, 5) is 23.1. The third-order valence-corrected chi connectivity index (χ3v) is 4.09. The Balaban J connectivity index is 1.55. The van der Waals surface area contributed by atoms with Crippen molar-refractivity contribution in [2.75, 3.05) is 0 Å². The second-order valence-electron chi connectivity index (χ2n) is 5.71. The summed E-state index contributed by atoms with van der Waals surface area (Å²) in [6, 6.07) is 9.51. The predicted molar refractivity (Wildman–Crippen MR) is 93.3 cm³/mol. The van der Waals surface area contributed by atoms with Gasteiger partial charge < -0.3 is 15.5 Å². The average molecular weight is 331 g/mol. The number of carbonyl (C=O) groups excluding carboxylic acids is 1. The molecule has 2 aromatic rings. The first kappa shape index (κ1) is 15.1. The number of pyridine rings is 2. The Morgan fingerprint density at radius 3 is 2.96 bits per heavy atom. The highest BCUT2D eigenvalue weighted by molar-refractivity contribution is 5.94. The maximum Gasteiger partial charge on any atom is 0.269 e. The molecule has 25 heavy (non-hydrogen) atoms. The average Bonchev–Trinajstić information content (AvgIpc) is 3.07. The SMILES string of the molecule is O=C(NCc1ccccn1)C1=C2C=CC=CN2C(c2cccnc2)N1. The molecule has 0 saturated heterocycles. The van der Waals surface area contributed by atoms with Gasteiger partial charge in [0, 0.05) is 30.4 Å². The molecule has 6 heteroatoms. The fourth-order valence-electron chi connectivity index (χ4n) is 2.90. The molecular weight excluding hydrogens is 314 g/mol. The van der Waals surface area contributed by atoms with Gasteiger partial charge in [-0.1, -0.05) is 18.2 Å². The van der Waals surface area contributed by atoms with Crippen LogP contribution in [0.15, 0.2) is 84.7 Å². The van der Waals surface area contributed by atoms with E-state index in [-0.39, 0.29) is 12.1 Å². The number of fused-ring (bicyclic) bond motifs is 1. The van der Waals surface area contributed by atoms with Crippen molar-refractivity contribution in [3.05, 3.63) is 96.0 Å². The third-order valence-electron chi connectivity index (χ3n) is 4.09. The molecule has 0 fully saturated rings. The molecule has 2 aromatic heterocycles. The van der Waals surface area contributed by atoms with E-state index in [0.717, 1.165) is 17.0 Å². The minimum atomic E-state index is -0.156. The van der Waals surface area contributed by atoms with Gasteiger partial charge in [0.05, 0.1) is 17.9 Å². The van der Waals surface area contributed by atoms with Gasteiger partial charge in [-0.15, -0.1) is 0 Å². The summed E-state index contributed by atoms with van der Waals surface area (Å²) in [7, 11) is 0. The van der Waals surface area contributed by atoms with Crippen LogP contribution in [0.5, 0.6) is 0 Å². The lowest BCUT2D eigenvalue weighted by molar-refractivity contribution is -0.118. The standard InChI is InChI=1S/C19H17N5O/c25-19(22-13-15-7-1-3-10-21-15)17-16-8-2-4-11-24(16)18(23-17)14-6-5-9-20-12-14/h1-12,18,23H,13H2,(H,22,25). The highest BCUT2D eigenvalue weighted by Crippen LogP contribution is 2.33. The number of aromatic nitrogens is 2. The van der Waals surface area contributed by atoms with Crippen LogP contribution in [0.4, 0.5) is 0 Å². The fraction of sp³-hybridized carbons (Fsp3) is 0.105. The molecule has 0 aromatic carbocycles. The normalized spacial score (nSPS) is 18.1. The second kappa shape index (κ2) is 6.60. The van der Waals surface area contributed by atoms with Crippen LogP contribution >= 0.6 is 0 Å². The maximum atomic E-state index is 12.7. The van der Waals surface area contributed by atoms with E-state index in [0.29, 0.717) is 12.2 Å². The Morgan fingerprint density at radius 1 is 1.20 bits per heavy atom. The van der Waals surface area contributed by atoms with Crippen LogP contribution in [0, 0.1) is 0 Å². The van der Waals surface area contributed by atoms with Gasteiger partial charge in [-0.2, -0.15) is 0 Å². The zero-order chi connectivity index (χ0) is 17.1. The Hall–Kier alpha value is -3.41. The van der Waals surface area contributed by atoms with Crippen molar-refractivity contribution < 1.29 is 4.79 Å². The number of allylic oxidation sites excluding steroid dienone is 3. The zero-order valence-electron chi connectivity index (χ0n) is 13.5. The van der Waals surface area contributed by atoms with Gasteiger partial charge in [0.2, 0.25) is 0 Å². The lowest BCUT2D eigenvalue weighted by atomic mass is 10.2. The van der Waals surface area contributed by atoms with Crippen molar-refractivity contribution >= 4 is 5.91 Å². The van der Waals surface area contributed by atoms with Gasteiger partial charge in [0.25, 0.3) is 5.91 Å². The summed E-state index contributed by atoms with van der Waals surface area (Å²) in [5, 5.41) is 6.24. The Bertz CT molecular complexity index is 858. The van der Waals surface area contributed by atoms with Crippen molar-refractivity contribution in [1.29, 1.82) is 0 Å². The zero-order valence-corrected chi connectivity index (χ0v) is 13.5. The molecule has 0 saturated carbocycles. The molecule has 0 bridgehead atoms. The van der Waals surface area contributed by atoms with Crippen LogP contribution in [-0.2, 0) is 11.3 Å². The van der Waals surface area contributed by atoms with Crippen molar-refractivity contribution in [1.82, 2.24) is 25.5 Å². The van der Waals surface area contributed by atoms with Crippen LogP contribution in [0.2, 0.25) is 0 Å². The highest BCUT2D eigenvalue weighted by atomic mass is 16.2. The molecule has 0 radical (unpaired) electrons. The van der Waals surface area contributed by atoms with Crippen LogP contribution in [0.1, 0.15) is 17.4 Å². The minimum Gasteiger partial charge on any atom is -0.355 e. The predicted octanol–water partition coefficient (Wildman–Crippen LogP) is 1.99. The Kier molecular flexibility index (Phi) is 4.00. The molecule has 2 aliphatic rings. The van der Waals surface area contributed by atoms with E-state index in [1.165, 1.54) is 0 Å². The molecule has 1 atom stereocenters. The largest absolute Gasteiger partial charge is 0.355 e. The number of hydrogen-bond donors (Lipinski definition) is 2. The van der Waals surface area contributed by atoms with Crippen LogP contribution < -0.4 is 10.6 Å². The molecular formula is C19H17N5O. The molecule has 4 rings (SSSR count). The summed E-state index contributed by atoms with van der Waals surface area (Å²) in [6.07, 6.45) is 12.9. The van der Waals surface area contributed by atoms with Crippen LogP contribution in [-0.4, -0.2) is 20.8 Å². The number of hydrogen-bond acceptors (Lipinski definition) is 5. The molecule has 1 amide bonds. The summed E-state index contributed by atoms with van der Waals surface area (Å²) >= 11 is 0. The summed E-state index contributed by atoms with van der Waals surface area (Å²) in [5.41, 5.74) is 3.20. The lowest BCUT2D eigenvalue weighted by Gasteiger charge is -2.25. The second-order valence-corrected chi connectivity index (χ2v) is 5.71. The third kappa shape index (κ3) is 3.01. The quantitative estimate of drug-likeness (QED) is 0.897. The van der Waals surface area contributed by atoms with Gasteiger partial charge in [-0.3, -0.25) is 14.8 Å². The van der Waals surface area contributed by atoms with Crippen molar-refractivity contribution in [2.24, 2.45) is 0 Å². The van der Waals surface area contributed by atoms with Gasteiger partial charge in [0.1, 0.15) is 11.9 Å². The number of carbonyl (C=O) groups is 1. The Labute approximate surface area is 145 Å². The first-order valence-corrected chi connectivity index (χ1v) is 8.05. The summed E-state index contributed by atoms with van der Waals surface area (Å²) in [5.74, 6) is -0.156. The maximum absolute atomic E-state index is 12.7. The topological polar surface area (TPSA) is 70.2 Å². The number of amides is 1. The molecule has 0 spiro atoms. The monoisotopic (exact) mass is 331 g/mol. The molecule has 2 aliphatic heterocycles. The summed E-state index contributed by atoms with van der Waals surface area (Å²) in [6.45, 7) is 0.384. The first-order valence-electron chi connectivity index (χ1n) is 8.05. The van der Waals surface area contributed by atoms with E-state index in [9.17, 15) is 4.79 Å². The Morgan fingerprint density at radius 2 is 2.16 bits per heavy atom. The van der Waals surface area contributed by atoms with E-state index in [2.05, 4.69) is 20.6 Å². The molecule has 4 heterocycles. The smallest absolute Gasteiger partial charge is 0.269 e. The van der Waals surface area contributed by atoms with E-state index in [4.69, 9.17) is 0 Å². The number of rotatable bonds is 4. The van der Waals surface area contributed by atoms with Gasteiger partial charge in [0.15, 0.2) is 0 Å². The minimum absolute atomic E-state index is 0.152. The van der Waals surface area contributed by atoms with Crippen molar-refractivity contribution in [3.8, 4) is 0 Å². The highest BCUT2D eigenvalue weighted by Gasteiger charge is 2.33. The van der Waals surface area contributed by atoms with Gasteiger partial charge in [-0.05, 0) is 30.4 Å². The van der Waals surface area contributed by atoms with E-state index >= 15 is 0 Å². The first-order chi connectivity index (χ1) is 12.3. The van der Waals surface area contributed by atoms with Crippen molar-refractivity contribution in [3.63, 3.8) is 0 Å². The van der Waals surface area contributed by atoms with Crippen LogP contribution in [0.25, 0.3) is 0 Å². The summed E-state index contributed by atoms with van der Waals surface area (Å²) < 4.78 is 0. The van der Waals surface area contributed by atoms with Gasteiger partial charge >= 0.3 is 0 Å². The molecule has 0 aliphatic carbocycles. The lowest BCUT2D eigenvalue weighted by Crippen LogP contribution is -2.32. The fourth-order valence-corrected chi connectivity index (χ4v) is 2.90.